The molecule has 0 unspecified atom stereocenters. The number of aromatic nitrogens is 3. The molecule has 0 aliphatic rings. The molecule has 2 aromatic carbocycles. The monoisotopic (exact) mass is 403 g/mol. The van der Waals surface area contributed by atoms with E-state index in [1.807, 2.05) is 31.2 Å². The third-order valence-corrected chi connectivity index (χ3v) is 4.68. The van der Waals surface area contributed by atoms with Crippen LogP contribution in [0.3, 0.4) is 0 Å². The lowest BCUT2D eigenvalue weighted by molar-refractivity contribution is 0.0455. The number of pyridine rings is 1. The van der Waals surface area contributed by atoms with Crippen LogP contribution < -0.4 is 0 Å². The number of methoxy groups -OCH3 is 1. The molecule has 0 amide bonds. The van der Waals surface area contributed by atoms with Gasteiger partial charge in [-0.25, -0.2) is 14.6 Å². The van der Waals surface area contributed by atoms with E-state index < -0.39 is 11.9 Å². The summed E-state index contributed by atoms with van der Waals surface area (Å²) in [5.41, 5.74) is 3.10. The normalized spacial score (nSPS) is 10.7. The van der Waals surface area contributed by atoms with Crippen molar-refractivity contribution in [3.8, 4) is 11.5 Å². The van der Waals surface area contributed by atoms with Crippen LogP contribution in [0.5, 0.6) is 0 Å². The third-order valence-electron chi connectivity index (χ3n) is 4.68. The average Bonchev–Trinajstić information content (AvgIpc) is 3.32. The second kappa shape index (κ2) is 8.12. The Morgan fingerprint density at radius 1 is 1.03 bits per heavy atom. The van der Waals surface area contributed by atoms with Crippen molar-refractivity contribution in [2.24, 2.45) is 0 Å². The molecule has 0 radical (unpaired) electrons. The average molecular weight is 403 g/mol. The van der Waals surface area contributed by atoms with E-state index in [-0.39, 0.29) is 6.61 Å². The van der Waals surface area contributed by atoms with Crippen LogP contribution in [0.4, 0.5) is 0 Å². The summed E-state index contributed by atoms with van der Waals surface area (Å²) < 4.78 is 15.5. The fourth-order valence-electron chi connectivity index (χ4n) is 3.18. The number of fused-ring (bicyclic) bond motifs is 1. The van der Waals surface area contributed by atoms with Crippen molar-refractivity contribution >= 4 is 22.8 Å². The van der Waals surface area contributed by atoms with E-state index >= 15 is 0 Å². The number of ether oxygens (including phenoxy) is 2. The minimum absolute atomic E-state index is 0.166. The molecule has 150 valence electrons. The largest absolute Gasteiger partial charge is 0.465 e. The van der Waals surface area contributed by atoms with E-state index in [1.54, 1.807) is 24.3 Å². The maximum atomic E-state index is 12.5. The van der Waals surface area contributed by atoms with Gasteiger partial charge in [0.05, 0.1) is 29.4 Å². The summed E-state index contributed by atoms with van der Waals surface area (Å²) in [5.74, 6) is -0.718. The fraction of sp³-hybridized carbons (Fsp3) is 0.136. The molecule has 0 bridgehead atoms. The van der Waals surface area contributed by atoms with Crippen molar-refractivity contribution in [1.82, 2.24) is 15.2 Å². The Labute approximate surface area is 171 Å². The predicted octanol–water partition coefficient (Wildman–Crippen LogP) is 3.74. The third kappa shape index (κ3) is 3.62. The molecule has 0 fully saturated rings. The van der Waals surface area contributed by atoms with Gasteiger partial charge in [-0.3, -0.25) is 0 Å². The number of aryl methyl sites for hydroxylation is 1. The minimum atomic E-state index is -0.546. The quantitative estimate of drug-likeness (QED) is 0.464. The van der Waals surface area contributed by atoms with Gasteiger partial charge in [0.15, 0.2) is 0 Å². The summed E-state index contributed by atoms with van der Waals surface area (Å²) in [5, 5.41) is 8.28. The minimum Gasteiger partial charge on any atom is -0.465 e. The molecule has 0 N–H and O–H groups in total. The number of nitrogens with zero attached hydrogens (tertiary/aromatic N) is 3. The van der Waals surface area contributed by atoms with Gasteiger partial charge >= 0.3 is 11.9 Å². The first-order valence-corrected chi connectivity index (χ1v) is 9.08. The van der Waals surface area contributed by atoms with Crippen molar-refractivity contribution < 1.29 is 23.5 Å². The fourth-order valence-corrected chi connectivity index (χ4v) is 3.18. The number of carbonyl (C=O) groups is 2. The standard InChI is InChI=1S/C22H17N3O5/c1-13-16-5-3-4-6-17(16)24-18(19(13)22(27)28-2)11-29-21(26)15-9-7-14(8-10-15)20-25-23-12-30-20/h3-10,12H,11H2,1-2H3. The number of benzene rings is 2. The smallest absolute Gasteiger partial charge is 0.340 e. The summed E-state index contributed by atoms with van der Waals surface area (Å²) in [7, 11) is 1.30. The zero-order valence-corrected chi connectivity index (χ0v) is 16.3. The van der Waals surface area contributed by atoms with E-state index in [2.05, 4.69) is 15.2 Å². The highest BCUT2D eigenvalue weighted by Crippen LogP contribution is 2.24. The van der Waals surface area contributed by atoms with Gasteiger partial charge in [-0.05, 0) is 42.8 Å². The SMILES string of the molecule is COC(=O)c1c(COC(=O)c2ccc(-c3nnco3)cc2)nc2ccccc2c1C. The highest BCUT2D eigenvalue weighted by Gasteiger charge is 2.21. The second-order valence-electron chi connectivity index (χ2n) is 6.46. The summed E-state index contributed by atoms with van der Waals surface area (Å²) in [4.78, 5) is 29.4. The molecule has 4 rings (SSSR count). The van der Waals surface area contributed by atoms with Crippen LogP contribution in [-0.4, -0.2) is 34.2 Å². The van der Waals surface area contributed by atoms with Gasteiger partial charge in [0.1, 0.15) is 6.61 Å². The van der Waals surface area contributed by atoms with Crippen molar-refractivity contribution in [1.29, 1.82) is 0 Å². The van der Waals surface area contributed by atoms with Crippen LogP contribution in [-0.2, 0) is 16.1 Å². The highest BCUT2D eigenvalue weighted by molar-refractivity contribution is 5.98. The van der Waals surface area contributed by atoms with Crippen LogP contribution in [0.15, 0.2) is 59.3 Å². The number of carbonyl (C=O) groups excluding carboxylic acids is 2. The molecular formula is C22H17N3O5. The molecule has 0 aliphatic carbocycles. The zero-order valence-electron chi connectivity index (χ0n) is 16.3. The van der Waals surface area contributed by atoms with Crippen molar-refractivity contribution in [2.75, 3.05) is 7.11 Å². The van der Waals surface area contributed by atoms with Crippen LogP contribution in [0.1, 0.15) is 32.0 Å². The Bertz CT molecular complexity index is 1220. The molecule has 2 heterocycles. The number of para-hydroxylation sites is 1. The topological polar surface area (TPSA) is 104 Å². The Balaban J connectivity index is 1.58. The molecule has 2 aromatic heterocycles. The molecule has 0 saturated heterocycles. The first-order chi connectivity index (χ1) is 14.6. The Morgan fingerprint density at radius 2 is 1.80 bits per heavy atom. The predicted molar refractivity (Wildman–Crippen MR) is 107 cm³/mol. The summed E-state index contributed by atoms with van der Waals surface area (Å²) >= 11 is 0. The van der Waals surface area contributed by atoms with Gasteiger partial charge in [-0.1, -0.05) is 18.2 Å². The van der Waals surface area contributed by atoms with Crippen LogP contribution in [0.25, 0.3) is 22.4 Å². The van der Waals surface area contributed by atoms with Crippen molar-refractivity contribution in [3.63, 3.8) is 0 Å². The summed E-state index contributed by atoms with van der Waals surface area (Å²) in [6.07, 6.45) is 1.23. The maximum absolute atomic E-state index is 12.5. The van der Waals surface area contributed by atoms with Crippen LogP contribution in [0, 0.1) is 6.92 Å². The Hall–Kier alpha value is -4.07. The number of rotatable bonds is 5. The Morgan fingerprint density at radius 3 is 2.50 bits per heavy atom. The first kappa shape index (κ1) is 19.3. The van der Waals surface area contributed by atoms with Gasteiger partial charge in [-0.15, -0.1) is 10.2 Å². The van der Waals surface area contributed by atoms with Gasteiger partial charge in [0, 0.05) is 10.9 Å². The van der Waals surface area contributed by atoms with E-state index in [4.69, 9.17) is 13.9 Å². The molecule has 30 heavy (non-hydrogen) atoms. The molecule has 8 heteroatoms. The van der Waals surface area contributed by atoms with Gasteiger partial charge in [-0.2, -0.15) is 0 Å². The first-order valence-electron chi connectivity index (χ1n) is 9.08. The number of esters is 2. The second-order valence-corrected chi connectivity index (χ2v) is 6.46. The van der Waals surface area contributed by atoms with Crippen LogP contribution >= 0.6 is 0 Å². The maximum Gasteiger partial charge on any atom is 0.340 e. The molecule has 0 atom stereocenters. The van der Waals surface area contributed by atoms with E-state index in [1.165, 1.54) is 13.5 Å². The van der Waals surface area contributed by atoms with Crippen molar-refractivity contribution in [2.45, 2.75) is 13.5 Å². The summed E-state index contributed by atoms with van der Waals surface area (Å²) in [6.45, 7) is 1.65. The molecule has 8 nitrogen and oxygen atoms in total. The van der Waals surface area contributed by atoms with E-state index in [0.717, 1.165) is 10.9 Å². The number of hydrogen-bond acceptors (Lipinski definition) is 8. The highest BCUT2D eigenvalue weighted by atomic mass is 16.5. The molecule has 0 saturated carbocycles. The summed E-state index contributed by atoms with van der Waals surface area (Å²) in [6, 6.07) is 14.0. The van der Waals surface area contributed by atoms with Gasteiger partial charge in [0.2, 0.25) is 12.3 Å². The zero-order chi connectivity index (χ0) is 21.1. The molecule has 0 aliphatic heterocycles. The lowest BCUT2D eigenvalue weighted by Gasteiger charge is -2.13. The van der Waals surface area contributed by atoms with E-state index in [9.17, 15) is 9.59 Å². The number of hydrogen-bond donors (Lipinski definition) is 0. The molecular weight excluding hydrogens is 386 g/mol. The lowest BCUT2D eigenvalue weighted by Crippen LogP contribution is -2.14. The van der Waals surface area contributed by atoms with E-state index in [0.29, 0.717) is 33.8 Å². The van der Waals surface area contributed by atoms with Crippen molar-refractivity contribution in [3.05, 3.63) is 77.3 Å². The van der Waals surface area contributed by atoms with Crippen LogP contribution in [0.2, 0.25) is 0 Å². The lowest BCUT2D eigenvalue weighted by atomic mass is 10.0. The molecule has 4 aromatic rings. The van der Waals surface area contributed by atoms with Gasteiger partial charge < -0.3 is 13.9 Å². The van der Waals surface area contributed by atoms with Gasteiger partial charge in [0.25, 0.3) is 0 Å². The Kier molecular flexibility index (Phi) is 5.21. The molecule has 0 spiro atoms.